The maximum atomic E-state index is 11.3. The lowest BCUT2D eigenvalue weighted by atomic mass is 10.1. The second-order valence-corrected chi connectivity index (χ2v) is 4.44. The minimum atomic E-state index is -0.349. The Balaban J connectivity index is 2.11. The molecule has 1 aromatic rings. The number of methoxy groups -OCH3 is 1. The molecule has 1 aromatic carbocycles. The Morgan fingerprint density at radius 3 is 2.63 bits per heavy atom. The number of hydrogen-bond acceptors (Lipinski definition) is 3. The summed E-state index contributed by atoms with van der Waals surface area (Å²) in [5.41, 5.74) is 2.37. The van der Waals surface area contributed by atoms with Crippen molar-refractivity contribution in [3.8, 4) is 11.8 Å². The summed E-state index contributed by atoms with van der Waals surface area (Å²) >= 11 is 0. The van der Waals surface area contributed by atoms with Gasteiger partial charge in [-0.25, -0.2) is 4.79 Å². The molecule has 98 valence electrons. The van der Waals surface area contributed by atoms with Crippen molar-refractivity contribution in [2.75, 3.05) is 13.7 Å². The number of esters is 1. The molecule has 0 saturated heterocycles. The van der Waals surface area contributed by atoms with Crippen molar-refractivity contribution in [2.24, 2.45) is 5.92 Å². The molecular weight excluding hydrogens is 240 g/mol. The van der Waals surface area contributed by atoms with Gasteiger partial charge in [0.1, 0.15) is 0 Å². The molecule has 1 aliphatic carbocycles. The molecule has 0 aliphatic heterocycles. The predicted molar refractivity (Wildman–Crippen MR) is 72.6 cm³/mol. The van der Waals surface area contributed by atoms with Crippen LogP contribution in [0.2, 0.25) is 0 Å². The minimum Gasteiger partial charge on any atom is -0.465 e. The Bertz CT molecular complexity index is 540. The number of hydrogen-bond donors (Lipinski definition) is 1. The maximum absolute atomic E-state index is 11.3. The average Bonchev–Trinajstić information content (AvgIpc) is 3.27. The third kappa shape index (κ3) is 3.70. The minimum absolute atomic E-state index is 0.0296. The molecule has 0 radical (unpaired) electrons. The molecule has 1 saturated carbocycles. The van der Waals surface area contributed by atoms with Gasteiger partial charge in [0.2, 0.25) is 0 Å². The van der Waals surface area contributed by atoms with E-state index in [1.807, 2.05) is 0 Å². The maximum Gasteiger partial charge on any atom is 0.337 e. The molecule has 0 atom stereocenters. The Labute approximate surface area is 112 Å². The van der Waals surface area contributed by atoms with E-state index < -0.39 is 0 Å². The SMILES string of the molecule is COC(=O)c1ccc(C#C/C(=C\CO)C2CC2)cc1. The van der Waals surface area contributed by atoms with Crippen LogP contribution in [0.5, 0.6) is 0 Å². The van der Waals surface area contributed by atoms with Crippen LogP contribution in [-0.2, 0) is 4.74 Å². The quantitative estimate of drug-likeness (QED) is 0.666. The largest absolute Gasteiger partial charge is 0.465 e. The van der Waals surface area contributed by atoms with E-state index in [1.54, 1.807) is 30.3 Å². The van der Waals surface area contributed by atoms with E-state index in [4.69, 9.17) is 5.11 Å². The van der Waals surface area contributed by atoms with Gasteiger partial charge in [0.25, 0.3) is 0 Å². The van der Waals surface area contributed by atoms with Crippen molar-refractivity contribution >= 4 is 5.97 Å². The van der Waals surface area contributed by atoms with E-state index in [0.29, 0.717) is 11.5 Å². The van der Waals surface area contributed by atoms with Crippen LogP contribution < -0.4 is 0 Å². The van der Waals surface area contributed by atoms with Gasteiger partial charge in [-0.05, 0) is 49.1 Å². The van der Waals surface area contributed by atoms with E-state index in [-0.39, 0.29) is 12.6 Å². The molecule has 19 heavy (non-hydrogen) atoms. The number of aliphatic hydroxyl groups is 1. The van der Waals surface area contributed by atoms with Crippen molar-refractivity contribution in [2.45, 2.75) is 12.8 Å². The molecule has 0 bridgehead atoms. The van der Waals surface area contributed by atoms with Crippen molar-refractivity contribution < 1.29 is 14.6 Å². The first-order chi connectivity index (χ1) is 9.24. The first-order valence-electron chi connectivity index (χ1n) is 6.26. The molecule has 0 aromatic heterocycles. The summed E-state index contributed by atoms with van der Waals surface area (Å²) < 4.78 is 4.63. The highest BCUT2D eigenvalue weighted by atomic mass is 16.5. The molecule has 0 spiro atoms. The van der Waals surface area contributed by atoms with Gasteiger partial charge in [-0.3, -0.25) is 0 Å². The molecule has 1 aliphatic rings. The summed E-state index contributed by atoms with van der Waals surface area (Å²) in [7, 11) is 1.36. The highest BCUT2D eigenvalue weighted by Gasteiger charge is 2.24. The second kappa shape index (κ2) is 6.21. The molecule has 0 unspecified atom stereocenters. The fourth-order valence-corrected chi connectivity index (χ4v) is 1.76. The molecule has 2 rings (SSSR count). The standard InChI is InChI=1S/C16H16O3/c1-19-16(18)15-6-3-12(4-7-15)2-5-14(10-11-17)13-8-9-13/h3-4,6-7,10,13,17H,8-9,11H2,1H3/b14-10+. The van der Waals surface area contributed by atoms with Crippen molar-refractivity contribution in [1.82, 2.24) is 0 Å². The number of benzene rings is 1. The topological polar surface area (TPSA) is 46.5 Å². The van der Waals surface area contributed by atoms with Gasteiger partial charge in [-0.15, -0.1) is 0 Å². The Morgan fingerprint density at radius 2 is 2.11 bits per heavy atom. The van der Waals surface area contributed by atoms with E-state index in [9.17, 15) is 4.79 Å². The normalized spacial score (nSPS) is 14.5. The van der Waals surface area contributed by atoms with E-state index >= 15 is 0 Å². The average molecular weight is 256 g/mol. The van der Waals surface area contributed by atoms with Gasteiger partial charge in [0, 0.05) is 11.1 Å². The van der Waals surface area contributed by atoms with Crippen LogP contribution in [0.1, 0.15) is 28.8 Å². The van der Waals surface area contributed by atoms with E-state index in [2.05, 4.69) is 16.6 Å². The van der Waals surface area contributed by atoms with Crippen molar-refractivity contribution in [1.29, 1.82) is 0 Å². The molecular formula is C16H16O3. The lowest BCUT2D eigenvalue weighted by Crippen LogP contribution is -2.00. The Kier molecular flexibility index (Phi) is 4.38. The fraction of sp³-hybridized carbons (Fsp3) is 0.312. The van der Waals surface area contributed by atoms with Gasteiger partial charge in [-0.1, -0.05) is 11.8 Å². The van der Waals surface area contributed by atoms with Gasteiger partial charge in [0.05, 0.1) is 19.3 Å². The number of aliphatic hydroxyl groups excluding tert-OH is 1. The number of carbonyl (C=O) groups is 1. The fourth-order valence-electron chi connectivity index (χ4n) is 1.76. The van der Waals surface area contributed by atoms with Gasteiger partial charge in [0.15, 0.2) is 0 Å². The first-order valence-corrected chi connectivity index (χ1v) is 6.26. The van der Waals surface area contributed by atoms with Gasteiger partial charge >= 0.3 is 5.97 Å². The van der Waals surface area contributed by atoms with Crippen molar-refractivity contribution in [3.63, 3.8) is 0 Å². The van der Waals surface area contributed by atoms with Gasteiger partial charge < -0.3 is 9.84 Å². The van der Waals surface area contributed by atoms with Gasteiger partial charge in [-0.2, -0.15) is 0 Å². The Morgan fingerprint density at radius 1 is 1.42 bits per heavy atom. The third-order valence-electron chi connectivity index (χ3n) is 2.99. The second-order valence-electron chi connectivity index (χ2n) is 4.44. The first kappa shape index (κ1) is 13.4. The molecule has 3 nitrogen and oxygen atoms in total. The summed E-state index contributed by atoms with van der Waals surface area (Å²) in [6.45, 7) is 0.0296. The van der Waals surface area contributed by atoms with E-state index in [0.717, 1.165) is 24.0 Å². The zero-order valence-corrected chi connectivity index (χ0v) is 10.8. The highest BCUT2D eigenvalue weighted by Crippen LogP contribution is 2.35. The number of rotatable bonds is 3. The third-order valence-corrected chi connectivity index (χ3v) is 2.99. The van der Waals surface area contributed by atoms with Crippen LogP contribution in [0.3, 0.4) is 0 Å². The zero-order valence-electron chi connectivity index (χ0n) is 10.8. The summed E-state index contributed by atoms with van der Waals surface area (Å²) in [6.07, 6.45) is 4.08. The summed E-state index contributed by atoms with van der Waals surface area (Å²) in [5, 5.41) is 8.94. The van der Waals surface area contributed by atoms with Crippen LogP contribution >= 0.6 is 0 Å². The molecule has 3 heteroatoms. The van der Waals surface area contributed by atoms with Crippen LogP contribution in [0.25, 0.3) is 0 Å². The van der Waals surface area contributed by atoms with E-state index in [1.165, 1.54) is 7.11 Å². The summed E-state index contributed by atoms with van der Waals surface area (Å²) in [6, 6.07) is 6.98. The van der Waals surface area contributed by atoms with Crippen LogP contribution in [0, 0.1) is 17.8 Å². The summed E-state index contributed by atoms with van der Waals surface area (Å²) in [5.74, 6) is 6.32. The lowest BCUT2D eigenvalue weighted by Gasteiger charge is -1.98. The highest BCUT2D eigenvalue weighted by molar-refractivity contribution is 5.89. The van der Waals surface area contributed by atoms with Crippen LogP contribution in [-0.4, -0.2) is 24.8 Å². The number of ether oxygens (including phenoxy) is 1. The number of carbonyl (C=O) groups excluding carboxylic acids is 1. The smallest absolute Gasteiger partial charge is 0.337 e. The number of allylic oxidation sites excluding steroid dienone is 1. The molecule has 0 amide bonds. The zero-order chi connectivity index (χ0) is 13.7. The summed E-state index contributed by atoms with van der Waals surface area (Å²) in [4.78, 5) is 11.3. The lowest BCUT2D eigenvalue weighted by molar-refractivity contribution is 0.0600. The predicted octanol–water partition coefficient (Wildman–Crippen LogP) is 2.15. The molecule has 0 heterocycles. The monoisotopic (exact) mass is 256 g/mol. The molecule has 1 fully saturated rings. The Hall–Kier alpha value is -2.05. The van der Waals surface area contributed by atoms with Crippen molar-refractivity contribution in [3.05, 3.63) is 47.0 Å². The van der Waals surface area contributed by atoms with Crippen LogP contribution in [0.4, 0.5) is 0 Å². The molecule has 1 N–H and O–H groups in total. The van der Waals surface area contributed by atoms with Crippen LogP contribution in [0.15, 0.2) is 35.9 Å².